The van der Waals surface area contributed by atoms with Crippen LogP contribution >= 0.6 is 0 Å². The molecule has 0 spiro atoms. The van der Waals surface area contributed by atoms with E-state index >= 15 is 0 Å². The fourth-order valence-electron chi connectivity index (χ4n) is 2.59. The summed E-state index contributed by atoms with van der Waals surface area (Å²) in [6, 6.07) is 3.51. The zero-order valence-electron chi connectivity index (χ0n) is 11.7. The van der Waals surface area contributed by atoms with E-state index in [-0.39, 0.29) is 11.9 Å². The van der Waals surface area contributed by atoms with Crippen LogP contribution in [0.4, 0.5) is 5.82 Å². The molecule has 0 aliphatic carbocycles. The van der Waals surface area contributed by atoms with Gasteiger partial charge in [-0.05, 0) is 12.1 Å². The van der Waals surface area contributed by atoms with Crippen molar-refractivity contribution in [1.82, 2.24) is 15.2 Å². The Bertz CT molecular complexity index is 622. The van der Waals surface area contributed by atoms with Crippen molar-refractivity contribution in [2.24, 2.45) is 0 Å². The quantitative estimate of drug-likeness (QED) is 0.873. The summed E-state index contributed by atoms with van der Waals surface area (Å²) in [5, 5.41) is 4.22. The van der Waals surface area contributed by atoms with Crippen molar-refractivity contribution in [2.75, 3.05) is 38.6 Å². The number of anilines is 1. The summed E-state index contributed by atoms with van der Waals surface area (Å²) >= 11 is 0. The molecule has 3 heterocycles. The number of nitrogens with one attached hydrogen (secondary N) is 1. The normalized spacial score (nSPS) is 19.3. The number of pyridine rings is 1. The lowest BCUT2D eigenvalue weighted by Gasteiger charge is -2.37. The number of nitrogens with zero attached hydrogens (tertiary/aromatic N) is 3. The third-order valence-corrected chi connectivity index (χ3v) is 3.60. The van der Waals surface area contributed by atoms with Crippen molar-refractivity contribution < 1.29 is 9.21 Å². The van der Waals surface area contributed by atoms with Gasteiger partial charge in [0.1, 0.15) is 17.4 Å². The zero-order valence-corrected chi connectivity index (χ0v) is 11.7. The molecule has 6 heteroatoms. The van der Waals surface area contributed by atoms with E-state index < -0.39 is 0 Å². The zero-order chi connectivity index (χ0) is 14.1. The van der Waals surface area contributed by atoms with Crippen molar-refractivity contribution in [3.63, 3.8) is 0 Å². The third kappa shape index (κ3) is 2.12. The maximum absolute atomic E-state index is 12.3. The molecule has 1 saturated heterocycles. The molecular formula is C14H18N4O2. The van der Waals surface area contributed by atoms with Gasteiger partial charge in [0, 0.05) is 39.9 Å². The Balaban J connectivity index is 2.01. The molecule has 2 aromatic rings. The number of likely N-dealkylation sites (N-methyl/N-ethyl adjacent to an activating group) is 1. The molecule has 1 N–H and O–H groups in total. The van der Waals surface area contributed by atoms with Gasteiger partial charge in [-0.3, -0.25) is 4.79 Å². The van der Waals surface area contributed by atoms with E-state index in [9.17, 15) is 4.79 Å². The molecule has 1 atom stereocenters. The average Bonchev–Trinajstić information content (AvgIpc) is 2.94. The summed E-state index contributed by atoms with van der Waals surface area (Å²) in [5.74, 6) is 0.900. The van der Waals surface area contributed by atoms with Crippen LogP contribution in [-0.4, -0.2) is 55.6 Å². The molecule has 1 amide bonds. The van der Waals surface area contributed by atoms with Crippen LogP contribution in [0.15, 0.2) is 29.0 Å². The molecule has 106 valence electrons. The van der Waals surface area contributed by atoms with Gasteiger partial charge < -0.3 is 19.5 Å². The minimum Gasteiger partial charge on any atom is -0.464 e. The highest BCUT2D eigenvalue weighted by Crippen LogP contribution is 2.27. The van der Waals surface area contributed by atoms with Crippen molar-refractivity contribution in [3.05, 3.63) is 24.6 Å². The molecule has 0 aromatic carbocycles. The van der Waals surface area contributed by atoms with E-state index in [0.29, 0.717) is 6.54 Å². The standard InChI is InChI=1S/C14H18N4O2/c1-17(2)14(19)11-9-15-6-7-18(11)13-10-4-8-20-12(10)3-5-16-13/h3-5,8,11,15H,6-7,9H2,1-2H3. The van der Waals surface area contributed by atoms with E-state index in [0.717, 1.165) is 29.9 Å². The number of amides is 1. The molecule has 1 aliphatic heterocycles. The van der Waals surface area contributed by atoms with Crippen molar-refractivity contribution in [3.8, 4) is 0 Å². The number of furan rings is 1. The van der Waals surface area contributed by atoms with E-state index in [4.69, 9.17) is 4.42 Å². The molecule has 20 heavy (non-hydrogen) atoms. The lowest BCUT2D eigenvalue weighted by molar-refractivity contribution is -0.130. The molecule has 1 unspecified atom stereocenters. The minimum atomic E-state index is -0.230. The number of hydrogen-bond acceptors (Lipinski definition) is 5. The first-order valence-electron chi connectivity index (χ1n) is 6.69. The molecule has 2 aromatic heterocycles. The Morgan fingerprint density at radius 3 is 3.15 bits per heavy atom. The van der Waals surface area contributed by atoms with Gasteiger partial charge in [0.15, 0.2) is 0 Å². The Morgan fingerprint density at radius 1 is 1.50 bits per heavy atom. The number of piperazine rings is 1. The van der Waals surface area contributed by atoms with E-state index in [1.54, 1.807) is 31.5 Å². The summed E-state index contributed by atoms with van der Waals surface area (Å²) in [4.78, 5) is 20.5. The lowest BCUT2D eigenvalue weighted by atomic mass is 10.1. The fourth-order valence-corrected chi connectivity index (χ4v) is 2.59. The third-order valence-electron chi connectivity index (χ3n) is 3.60. The molecule has 1 aliphatic rings. The van der Waals surface area contributed by atoms with Crippen molar-refractivity contribution >= 4 is 22.7 Å². The van der Waals surface area contributed by atoms with Gasteiger partial charge in [0.2, 0.25) is 5.91 Å². The summed E-state index contributed by atoms with van der Waals surface area (Å²) in [6.07, 6.45) is 3.38. The van der Waals surface area contributed by atoms with Crippen LogP contribution < -0.4 is 10.2 Å². The van der Waals surface area contributed by atoms with Crippen LogP contribution in [0.3, 0.4) is 0 Å². The second kappa shape index (κ2) is 5.13. The Morgan fingerprint density at radius 2 is 2.35 bits per heavy atom. The smallest absolute Gasteiger partial charge is 0.246 e. The Labute approximate surface area is 117 Å². The molecule has 0 bridgehead atoms. The van der Waals surface area contributed by atoms with Gasteiger partial charge in [0.25, 0.3) is 0 Å². The van der Waals surface area contributed by atoms with Gasteiger partial charge in [0.05, 0.1) is 11.6 Å². The van der Waals surface area contributed by atoms with Crippen LogP contribution in [0, 0.1) is 0 Å². The summed E-state index contributed by atoms with van der Waals surface area (Å²) < 4.78 is 5.41. The number of aromatic nitrogens is 1. The van der Waals surface area contributed by atoms with Crippen LogP contribution in [0.5, 0.6) is 0 Å². The van der Waals surface area contributed by atoms with Crippen LogP contribution in [0.2, 0.25) is 0 Å². The van der Waals surface area contributed by atoms with E-state index in [1.165, 1.54) is 0 Å². The highest BCUT2D eigenvalue weighted by atomic mass is 16.3. The molecule has 1 fully saturated rings. The molecular weight excluding hydrogens is 256 g/mol. The number of carbonyl (C=O) groups excluding carboxylic acids is 1. The Kier molecular flexibility index (Phi) is 3.31. The largest absolute Gasteiger partial charge is 0.464 e. The second-order valence-corrected chi connectivity index (χ2v) is 5.11. The SMILES string of the molecule is CN(C)C(=O)C1CNCCN1c1nccc2occc12. The average molecular weight is 274 g/mol. The minimum absolute atomic E-state index is 0.0829. The highest BCUT2D eigenvalue weighted by Gasteiger charge is 2.31. The predicted molar refractivity (Wildman–Crippen MR) is 76.7 cm³/mol. The topological polar surface area (TPSA) is 61.6 Å². The second-order valence-electron chi connectivity index (χ2n) is 5.11. The predicted octanol–water partition coefficient (Wildman–Crippen LogP) is 0.694. The first-order chi connectivity index (χ1) is 9.68. The molecule has 6 nitrogen and oxygen atoms in total. The molecule has 0 radical (unpaired) electrons. The summed E-state index contributed by atoms with van der Waals surface area (Å²) in [7, 11) is 3.56. The lowest BCUT2D eigenvalue weighted by Crippen LogP contribution is -2.58. The summed E-state index contributed by atoms with van der Waals surface area (Å²) in [5.41, 5.74) is 0.796. The van der Waals surface area contributed by atoms with Gasteiger partial charge in [-0.2, -0.15) is 0 Å². The number of fused-ring (bicyclic) bond motifs is 1. The van der Waals surface area contributed by atoms with Crippen LogP contribution in [0.25, 0.3) is 11.0 Å². The highest BCUT2D eigenvalue weighted by molar-refractivity contribution is 5.92. The van der Waals surface area contributed by atoms with Crippen LogP contribution in [0.1, 0.15) is 0 Å². The fraction of sp³-hybridized carbons (Fsp3) is 0.429. The molecule has 3 rings (SSSR count). The number of carbonyl (C=O) groups is 1. The molecule has 0 saturated carbocycles. The van der Waals surface area contributed by atoms with Gasteiger partial charge in [-0.1, -0.05) is 0 Å². The first-order valence-corrected chi connectivity index (χ1v) is 6.69. The number of hydrogen-bond donors (Lipinski definition) is 1. The van der Waals surface area contributed by atoms with Crippen LogP contribution in [-0.2, 0) is 4.79 Å². The van der Waals surface area contributed by atoms with Crippen molar-refractivity contribution in [2.45, 2.75) is 6.04 Å². The Hall–Kier alpha value is -2.08. The maximum Gasteiger partial charge on any atom is 0.246 e. The monoisotopic (exact) mass is 274 g/mol. The van der Waals surface area contributed by atoms with Gasteiger partial charge >= 0.3 is 0 Å². The van der Waals surface area contributed by atoms with Gasteiger partial charge in [-0.15, -0.1) is 0 Å². The van der Waals surface area contributed by atoms with Crippen molar-refractivity contribution in [1.29, 1.82) is 0 Å². The maximum atomic E-state index is 12.3. The van der Waals surface area contributed by atoms with Gasteiger partial charge in [-0.25, -0.2) is 4.98 Å². The summed E-state index contributed by atoms with van der Waals surface area (Å²) in [6.45, 7) is 2.22. The first kappa shape index (κ1) is 12.9. The van der Waals surface area contributed by atoms with E-state index in [1.807, 2.05) is 12.1 Å². The van der Waals surface area contributed by atoms with E-state index in [2.05, 4.69) is 15.2 Å². The number of rotatable bonds is 2.